The summed E-state index contributed by atoms with van der Waals surface area (Å²) in [6, 6.07) is 17.2. The molecule has 0 radical (unpaired) electrons. The molecule has 0 aliphatic rings. The zero-order chi connectivity index (χ0) is 23.5. The second kappa shape index (κ2) is 9.75. The maximum absolute atomic E-state index is 14.1. The SMILES string of the molecule is O=C(Nc1nn(Cc2c(F)cccc2Cl)cc1Cl)c1ccccc1C(=O)c1ccc(Cl)cc1. The van der Waals surface area contributed by atoms with Crippen LogP contribution in [0, 0.1) is 5.82 Å². The molecule has 0 spiro atoms. The van der Waals surface area contributed by atoms with Crippen molar-refractivity contribution in [2.45, 2.75) is 6.54 Å². The molecule has 0 bridgehead atoms. The van der Waals surface area contributed by atoms with E-state index in [2.05, 4.69) is 10.4 Å². The zero-order valence-electron chi connectivity index (χ0n) is 16.9. The summed E-state index contributed by atoms with van der Waals surface area (Å²) in [5, 5.41) is 7.74. The van der Waals surface area contributed by atoms with Crippen molar-refractivity contribution in [1.29, 1.82) is 0 Å². The summed E-state index contributed by atoms with van der Waals surface area (Å²) >= 11 is 18.2. The number of rotatable bonds is 6. The summed E-state index contributed by atoms with van der Waals surface area (Å²) in [4.78, 5) is 25.9. The molecule has 1 aromatic heterocycles. The molecular weight excluding hydrogens is 488 g/mol. The van der Waals surface area contributed by atoms with Crippen LogP contribution in [-0.2, 0) is 6.54 Å². The molecule has 0 atom stereocenters. The summed E-state index contributed by atoms with van der Waals surface area (Å²) in [6.07, 6.45) is 1.45. The van der Waals surface area contributed by atoms with Crippen LogP contribution in [0.25, 0.3) is 0 Å². The van der Waals surface area contributed by atoms with Gasteiger partial charge in [-0.05, 0) is 42.5 Å². The lowest BCUT2D eigenvalue weighted by Crippen LogP contribution is -2.17. The van der Waals surface area contributed by atoms with Crippen LogP contribution in [-0.4, -0.2) is 21.5 Å². The minimum atomic E-state index is -0.566. The van der Waals surface area contributed by atoms with E-state index in [1.54, 1.807) is 48.5 Å². The van der Waals surface area contributed by atoms with Gasteiger partial charge in [0, 0.05) is 32.9 Å². The molecule has 0 aliphatic carbocycles. The van der Waals surface area contributed by atoms with Crippen molar-refractivity contribution in [1.82, 2.24) is 9.78 Å². The van der Waals surface area contributed by atoms with E-state index in [1.807, 2.05) is 0 Å². The van der Waals surface area contributed by atoms with Gasteiger partial charge >= 0.3 is 0 Å². The summed E-state index contributed by atoms with van der Waals surface area (Å²) in [5.41, 5.74) is 1.00. The number of nitrogens with zero attached hydrogens (tertiary/aromatic N) is 2. The number of ketones is 1. The van der Waals surface area contributed by atoms with Crippen molar-refractivity contribution in [3.05, 3.63) is 116 Å². The Morgan fingerprint density at radius 1 is 0.879 bits per heavy atom. The monoisotopic (exact) mass is 501 g/mol. The lowest BCUT2D eigenvalue weighted by molar-refractivity contribution is 0.0996. The van der Waals surface area contributed by atoms with E-state index in [1.165, 1.54) is 29.1 Å². The van der Waals surface area contributed by atoms with Gasteiger partial charge in [0.15, 0.2) is 11.6 Å². The molecule has 0 saturated heterocycles. The van der Waals surface area contributed by atoms with Crippen molar-refractivity contribution in [3.8, 4) is 0 Å². The van der Waals surface area contributed by atoms with Gasteiger partial charge in [-0.1, -0.05) is 59.1 Å². The van der Waals surface area contributed by atoms with Crippen molar-refractivity contribution >= 4 is 52.3 Å². The van der Waals surface area contributed by atoms with E-state index >= 15 is 0 Å². The minimum absolute atomic E-state index is 0.0206. The Balaban J connectivity index is 1.57. The predicted octanol–water partition coefficient (Wildman–Crippen LogP) is 6.51. The number of hydrogen-bond donors (Lipinski definition) is 1. The first kappa shape index (κ1) is 23.0. The van der Waals surface area contributed by atoms with Crippen molar-refractivity contribution in [2.75, 3.05) is 5.32 Å². The summed E-state index contributed by atoms with van der Waals surface area (Å²) in [6.45, 7) is 0.0206. The van der Waals surface area contributed by atoms with E-state index in [0.717, 1.165) is 0 Å². The normalized spacial score (nSPS) is 10.8. The molecule has 166 valence electrons. The zero-order valence-corrected chi connectivity index (χ0v) is 19.1. The lowest BCUT2D eigenvalue weighted by atomic mass is 9.98. The van der Waals surface area contributed by atoms with Gasteiger partial charge in [0.25, 0.3) is 5.91 Å². The molecule has 1 heterocycles. The van der Waals surface area contributed by atoms with E-state index in [9.17, 15) is 14.0 Å². The molecule has 4 rings (SSSR count). The number of halogens is 4. The highest BCUT2D eigenvalue weighted by molar-refractivity contribution is 6.33. The van der Waals surface area contributed by atoms with E-state index in [4.69, 9.17) is 34.8 Å². The van der Waals surface area contributed by atoms with Crippen LogP contribution >= 0.6 is 34.8 Å². The van der Waals surface area contributed by atoms with Crippen molar-refractivity contribution in [2.24, 2.45) is 0 Å². The number of carbonyl (C=O) groups is 2. The van der Waals surface area contributed by atoms with E-state index in [0.29, 0.717) is 10.6 Å². The highest BCUT2D eigenvalue weighted by atomic mass is 35.5. The van der Waals surface area contributed by atoms with Gasteiger partial charge < -0.3 is 5.32 Å². The van der Waals surface area contributed by atoms with Gasteiger partial charge in [0.2, 0.25) is 0 Å². The third kappa shape index (κ3) is 5.09. The van der Waals surface area contributed by atoms with Crippen LogP contribution in [0.5, 0.6) is 0 Å². The summed E-state index contributed by atoms with van der Waals surface area (Å²) in [5.74, 6) is -1.30. The molecule has 4 aromatic rings. The second-order valence-electron chi connectivity index (χ2n) is 7.06. The quantitative estimate of drug-likeness (QED) is 0.306. The van der Waals surface area contributed by atoms with Crippen molar-refractivity contribution in [3.63, 3.8) is 0 Å². The maximum Gasteiger partial charge on any atom is 0.257 e. The molecule has 0 unspecified atom stereocenters. The molecule has 0 aliphatic heterocycles. The number of anilines is 1. The summed E-state index contributed by atoms with van der Waals surface area (Å²) < 4.78 is 15.5. The molecule has 0 saturated carbocycles. The van der Waals surface area contributed by atoms with Crippen LogP contribution in [0.3, 0.4) is 0 Å². The number of hydrogen-bond acceptors (Lipinski definition) is 3. The first-order valence-corrected chi connectivity index (χ1v) is 10.8. The van der Waals surface area contributed by atoms with Crippen molar-refractivity contribution < 1.29 is 14.0 Å². The Hall–Kier alpha value is -3.19. The number of amides is 1. The van der Waals surface area contributed by atoms with Crippen LogP contribution in [0.4, 0.5) is 10.2 Å². The Bertz CT molecular complexity index is 1330. The molecule has 1 amide bonds. The topological polar surface area (TPSA) is 64.0 Å². The van der Waals surface area contributed by atoms with Gasteiger partial charge in [-0.15, -0.1) is 0 Å². The van der Waals surface area contributed by atoms with Gasteiger partial charge in [-0.2, -0.15) is 5.10 Å². The lowest BCUT2D eigenvalue weighted by Gasteiger charge is -2.09. The van der Waals surface area contributed by atoms with Gasteiger partial charge in [0.1, 0.15) is 10.8 Å². The molecule has 1 N–H and O–H groups in total. The average Bonchev–Trinajstić information content (AvgIpc) is 3.15. The Morgan fingerprint density at radius 3 is 2.27 bits per heavy atom. The first-order chi connectivity index (χ1) is 15.8. The number of benzene rings is 3. The molecule has 9 heteroatoms. The highest BCUT2D eigenvalue weighted by Crippen LogP contribution is 2.25. The molecule has 0 fully saturated rings. The Kier molecular flexibility index (Phi) is 6.79. The number of nitrogens with one attached hydrogen (secondary N) is 1. The Morgan fingerprint density at radius 2 is 1.58 bits per heavy atom. The van der Waals surface area contributed by atoms with Crippen LogP contribution in [0.1, 0.15) is 31.8 Å². The fourth-order valence-electron chi connectivity index (χ4n) is 3.22. The Labute approximate surface area is 203 Å². The first-order valence-electron chi connectivity index (χ1n) is 9.70. The molecule has 33 heavy (non-hydrogen) atoms. The largest absolute Gasteiger partial charge is 0.304 e. The minimum Gasteiger partial charge on any atom is -0.304 e. The number of aromatic nitrogens is 2. The smallest absolute Gasteiger partial charge is 0.257 e. The molecular formula is C24H15Cl3FN3O2. The van der Waals surface area contributed by atoms with Crippen LogP contribution < -0.4 is 5.32 Å². The van der Waals surface area contributed by atoms with Crippen LogP contribution in [0.2, 0.25) is 15.1 Å². The van der Waals surface area contributed by atoms with E-state index in [-0.39, 0.29) is 44.9 Å². The van der Waals surface area contributed by atoms with Crippen LogP contribution in [0.15, 0.2) is 72.9 Å². The highest BCUT2D eigenvalue weighted by Gasteiger charge is 2.20. The third-order valence-corrected chi connectivity index (χ3v) is 5.74. The molecule has 5 nitrogen and oxygen atoms in total. The number of carbonyl (C=O) groups excluding carboxylic acids is 2. The third-order valence-electron chi connectivity index (χ3n) is 4.85. The fraction of sp³-hybridized carbons (Fsp3) is 0.0417. The van der Waals surface area contributed by atoms with Gasteiger partial charge in [-0.3, -0.25) is 14.3 Å². The molecule has 3 aromatic carbocycles. The van der Waals surface area contributed by atoms with Gasteiger partial charge in [-0.25, -0.2) is 4.39 Å². The van der Waals surface area contributed by atoms with E-state index < -0.39 is 11.7 Å². The van der Waals surface area contributed by atoms with Gasteiger partial charge in [0.05, 0.1) is 12.1 Å². The maximum atomic E-state index is 14.1. The second-order valence-corrected chi connectivity index (χ2v) is 8.31. The predicted molar refractivity (Wildman–Crippen MR) is 127 cm³/mol. The summed E-state index contributed by atoms with van der Waals surface area (Å²) in [7, 11) is 0. The standard InChI is InChI=1S/C24H15Cl3FN3O2/c25-15-10-8-14(9-11-15)22(32)16-4-1-2-5-17(16)24(33)29-23-20(27)13-31(30-23)12-18-19(26)6-3-7-21(18)28/h1-11,13H,12H2,(H,29,30,33). The average molecular weight is 503 g/mol. The fourth-order valence-corrected chi connectivity index (χ4v) is 3.77.